The van der Waals surface area contributed by atoms with Gasteiger partial charge in [-0.3, -0.25) is 0 Å². The van der Waals surface area contributed by atoms with E-state index in [1.807, 2.05) is 72.8 Å². The molecule has 0 saturated heterocycles. The Bertz CT molecular complexity index is 870. The van der Waals surface area contributed by atoms with Crippen LogP contribution in [0.5, 0.6) is 0 Å². The molecule has 0 atom stereocenters. The zero-order valence-electron chi connectivity index (χ0n) is 12.7. The van der Waals surface area contributed by atoms with E-state index in [2.05, 4.69) is 0 Å². The molecule has 3 rings (SSSR count). The number of hydrogen-bond acceptors (Lipinski definition) is 2. The molecule has 0 aliphatic carbocycles. The number of benzene rings is 3. The van der Waals surface area contributed by atoms with E-state index in [0.717, 1.165) is 17.5 Å². The van der Waals surface area contributed by atoms with Gasteiger partial charge in [0.1, 0.15) is 0 Å². The zero-order valence-corrected chi connectivity index (χ0v) is 13.5. The predicted molar refractivity (Wildman–Crippen MR) is 93.0 cm³/mol. The lowest BCUT2D eigenvalue weighted by atomic mass is 10.1. The summed E-state index contributed by atoms with van der Waals surface area (Å²) in [6, 6.07) is 26.6. The Morgan fingerprint density at radius 3 is 1.83 bits per heavy atom. The summed E-state index contributed by atoms with van der Waals surface area (Å²) in [7, 11) is -3.33. The molecule has 0 spiro atoms. The normalized spacial score (nSPS) is 11.3. The topological polar surface area (TPSA) is 34.1 Å². The Hall–Kier alpha value is -2.39. The lowest BCUT2D eigenvalue weighted by molar-refractivity contribution is 0.595. The van der Waals surface area contributed by atoms with Crippen LogP contribution in [-0.2, 0) is 22.0 Å². The second-order valence-electron chi connectivity index (χ2n) is 5.55. The minimum atomic E-state index is -3.33. The van der Waals surface area contributed by atoms with E-state index in [0.29, 0.717) is 4.90 Å². The molecular weight excluding hydrogens is 304 g/mol. The minimum Gasteiger partial charge on any atom is -0.223 e. The van der Waals surface area contributed by atoms with Crippen molar-refractivity contribution in [2.24, 2.45) is 0 Å². The average Bonchev–Trinajstić information content (AvgIpc) is 2.57. The third-order valence-electron chi connectivity index (χ3n) is 3.71. The Labute approximate surface area is 137 Å². The first-order valence-electron chi connectivity index (χ1n) is 7.53. The smallest absolute Gasteiger partial charge is 0.182 e. The van der Waals surface area contributed by atoms with Crippen LogP contribution in [0.1, 0.15) is 16.7 Å². The number of sulfone groups is 1. The third kappa shape index (κ3) is 4.08. The highest BCUT2D eigenvalue weighted by atomic mass is 32.2. The fraction of sp³-hybridized carbons (Fsp3) is 0.100. The van der Waals surface area contributed by atoms with Crippen LogP contribution in [-0.4, -0.2) is 8.42 Å². The van der Waals surface area contributed by atoms with E-state index in [1.165, 1.54) is 5.56 Å². The molecule has 0 unspecified atom stereocenters. The molecule has 0 bridgehead atoms. The second kappa shape index (κ2) is 6.80. The minimum absolute atomic E-state index is 0.0304. The third-order valence-corrected chi connectivity index (χ3v) is 5.39. The molecule has 0 saturated carbocycles. The summed E-state index contributed by atoms with van der Waals surface area (Å²) in [5.41, 5.74) is 2.98. The van der Waals surface area contributed by atoms with Crippen molar-refractivity contribution in [3.05, 3.63) is 102 Å². The van der Waals surface area contributed by atoms with Gasteiger partial charge >= 0.3 is 0 Å². The number of rotatable bonds is 5. The highest BCUT2D eigenvalue weighted by molar-refractivity contribution is 7.90. The standard InChI is InChI=1S/C20H18O2S/c21-23(22,16-18-10-5-2-6-11-18)20-13-7-12-19(15-20)14-17-8-3-1-4-9-17/h1-13,15H,14,16H2. The van der Waals surface area contributed by atoms with Gasteiger partial charge in [-0.2, -0.15) is 0 Å². The van der Waals surface area contributed by atoms with Crippen molar-refractivity contribution >= 4 is 9.84 Å². The van der Waals surface area contributed by atoms with E-state index >= 15 is 0 Å². The summed E-state index contributed by atoms with van der Waals surface area (Å²) in [6.07, 6.45) is 0.732. The molecule has 3 aromatic rings. The maximum absolute atomic E-state index is 12.6. The molecule has 3 heteroatoms. The van der Waals surface area contributed by atoms with Gasteiger partial charge in [0.2, 0.25) is 0 Å². The van der Waals surface area contributed by atoms with E-state index in [4.69, 9.17) is 0 Å². The molecule has 3 aromatic carbocycles. The Morgan fingerprint density at radius 2 is 1.17 bits per heavy atom. The molecule has 23 heavy (non-hydrogen) atoms. The van der Waals surface area contributed by atoms with Gasteiger partial charge < -0.3 is 0 Å². The molecule has 2 nitrogen and oxygen atoms in total. The van der Waals surface area contributed by atoms with Crippen LogP contribution in [0, 0.1) is 0 Å². The van der Waals surface area contributed by atoms with Crippen molar-refractivity contribution in [2.75, 3.05) is 0 Å². The van der Waals surface area contributed by atoms with Crippen molar-refractivity contribution in [3.63, 3.8) is 0 Å². The fourth-order valence-electron chi connectivity index (χ4n) is 2.56. The molecule has 0 heterocycles. The largest absolute Gasteiger partial charge is 0.223 e. The molecular formula is C20H18O2S. The molecule has 0 aromatic heterocycles. The van der Waals surface area contributed by atoms with E-state index < -0.39 is 9.84 Å². The van der Waals surface area contributed by atoms with Crippen molar-refractivity contribution < 1.29 is 8.42 Å². The maximum atomic E-state index is 12.6. The van der Waals surface area contributed by atoms with Crippen molar-refractivity contribution in [1.82, 2.24) is 0 Å². The van der Waals surface area contributed by atoms with E-state index in [9.17, 15) is 8.42 Å². The first-order chi connectivity index (χ1) is 11.1. The van der Waals surface area contributed by atoms with Gasteiger partial charge in [0.25, 0.3) is 0 Å². The van der Waals surface area contributed by atoms with Crippen LogP contribution < -0.4 is 0 Å². The molecule has 0 fully saturated rings. The second-order valence-corrected chi connectivity index (χ2v) is 7.54. The summed E-state index contributed by atoms with van der Waals surface area (Å²) >= 11 is 0. The van der Waals surface area contributed by atoms with Crippen molar-refractivity contribution in [2.45, 2.75) is 17.1 Å². The summed E-state index contributed by atoms with van der Waals surface area (Å²) in [5, 5.41) is 0. The highest BCUT2D eigenvalue weighted by Crippen LogP contribution is 2.19. The van der Waals surface area contributed by atoms with Gasteiger partial charge in [-0.15, -0.1) is 0 Å². The fourth-order valence-corrected chi connectivity index (χ4v) is 3.97. The zero-order chi connectivity index (χ0) is 16.1. The quantitative estimate of drug-likeness (QED) is 0.703. The molecule has 0 radical (unpaired) electrons. The van der Waals surface area contributed by atoms with Gasteiger partial charge in [-0.1, -0.05) is 72.8 Å². The van der Waals surface area contributed by atoms with Gasteiger partial charge in [-0.25, -0.2) is 8.42 Å². The predicted octanol–water partition coefficient (Wildman–Crippen LogP) is 4.25. The molecule has 0 N–H and O–H groups in total. The Kier molecular flexibility index (Phi) is 4.58. The number of hydrogen-bond donors (Lipinski definition) is 0. The van der Waals surface area contributed by atoms with Gasteiger partial charge in [-0.05, 0) is 35.2 Å². The van der Waals surface area contributed by atoms with Crippen LogP contribution in [0.25, 0.3) is 0 Å². The summed E-state index contributed by atoms with van der Waals surface area (Å²) in [6.45, 7) is 0. The van der Waals surface area contributed by atoms with Crippen molar-refractivity contribution in [1.29, 1.82) is 0 Å². The summed E-state index contributed by atoms with van der Waals surface area (Å²) < 4.78 is 25.2. The van der Waals surface area contributed by atoms with Crippen LogP contribution in [0.4, 0.5) is 0 Å². The molecule has 0 aliphatic rings. The van der Waals surface area contributed by atoms with Gasteiger partial charge in [0.15, 0.2) is 9.84 Å². The highest BCUT2D eigenvalue weighted by Gasteiger charge is 2.15. The van der Waals surface area contributed by atoms with Crippen LogP contribution >= 0.6 is 0 Å². The Balaban J connectivity index is 1.84. The Morgan fingerprint density at radius 1 is 0.609 bits per heavy atom. The van der Waals surface area contributed by atoms with Crippen LogP contribution in [0.15, 0.2) is 89.8 Å². The summed E-state index contributed by atoms with van der Waals surface area (Å²) in [5.74, 6) is 0.0304. The lowest BCUT2D eigenvalue weighted by Crippen LogP contribution is -2.05. The van der Waals surface area contributed by atoms with Crippen LogP contribution in [0.2, 0.25) is 0 Å². The SMILES string of the molecule is O=S(=O)(Cc1ccccc1)c1cccc(Cc2ccccc2)c1. The summed E-state index contributed by atoms with van der Waals surface area (Å²) in [4.78, 5) is 0.384. The molecule has 116 valence electrons. The first-order valence-corrected chi connectivity index (χ1v) is 9.18. The maximum Gasteiger partial charge on any atom is 0.182 e. The first kappa shape index (κ1) is 15.5. The van der Waals surface area contributed by atoms with Gasteiger partial charge in [0, 0.05) is 0 Å². The lowest BCUT2D eigenvalue weighted by Gasteiger charge is -2.07. The van der Waals surface area contributed by atoms with Gasteiger partial charge in [0.05, 0.1) is 10.6 Å². The molecule has 0 amide bonds. The van der Waals surface area contributed by atoms with E-state index in [-0.39, 0.29) is 5.75 Å². The van der Waals surface area contributed by atoms with Crippen molar-refractivity contribution in [3.8, 4) is 0 Å². The van der Waals surface area contributed by atoms with Crippen LogP contribution in [0.3, 0.4) is 0 Å². The van der Waals surface area contributed by atoms with E-state index in [1.54, 1.807) is 12.1 Å². The molecule has 0 aliphatic heterocycles. The average molecular weight is 322 g/mol. The monoisotopic (exact) mass is 322 g/mol.